The fraction of sp³-hybridized carbons (Fsp3) is 0.833. The minimum Gasteiger partial charge on any atom is -0.388 e. The molecule has 0 aliphatic heterocycles. The van der Waals surface area contributed by atoms with Crippen LogP contribution in [0.4, 0.5) is 0 Å². The molecule has 72 valence electrons. The van der Waals surface area contributed by atoms with E-state index in [0.29, 0.717) is 0 Å². The predicted molar refractivity (Wildman–Crippen MR) is 43.6 cm³/mol. The Labute approximate surface area is 74.6 Å². The van der Waals surface area contributed by atoms with E-state index in [1.54, 1.807) is 6.26 Å². The average molecular weight is 196 g/mol. The molecule has 0 aliphatic carbocycles. The van der Waals surface area contributed by atoms with Crippen LogP contribution in [0, 0.1) is 0 Å². The molecular formula is C6H12O5S. The van der Waals surface area contributed by atoms with Crippen molar-refractivity contribution < 1.29 is 24.3 Å². The molecule has 0 saturated heterocycles. The molecule has 0 aromatic heterocycles. The third-order valence-corrected chi connectivity index (χ3v) is 1.61. The van der Waals surface area contributed by atoms with Crippen molar-refractivity contribution in [2.45, 2.75) is 18.3 Å². The second kappa shape index (κ2) is 6.38. The first-order chi connectivity index (χ1) is 5.63. The SMILES string of the molecule is CSOC[C@@H](O)[C@@H](O)[C@@H](O)C=O. The minimum atomic E-state index is -1.56. The largest absolute Gasteiger partial charge is 0.388 e. The normalized spacial score (nSPS) is 18.3. The zero-order valence-electron chi connectivity index (χ0n) is 6.58. The van der Waals surface area contributed by atoms with Crippen molar-refractivity contribution in [2.75, 3.05) is 12.9 Å². The quantitative estimate of drug-likeness (QED) is 0.356. The molecular weight excluding hydrogens is 184 g/mol. The van der Waals surface area contributed by atoms with Crippen molar-refractivity contribution in [3.63, 3.8) is 0 Å². The summed E-state index contributed by atoms with van der Waals surface area (Å²) in [4.78, 5) is 9.96. The Balaban J connectivity index is 3.74. The van der Waals surface area contributed by atoms with Crippen LogP contribution in [0.15, 0.2) is 0 Å². The maximum atomic E-state index is 9.96. The van der Waals surface area contributed by atoms with E-state index in [0.717, 1.165) is 12.0 Å². The second-order valence-corrected chi connectivity index (χ2v) is 2.70. The molecule has 0 unspecified atom stereocenters. The molecule has 0 heterocycles. The van der Waals surface area contributed by atoms with E-state index < -0.39 is 18.3 Å². The molecule has 3 atom stereocenters. The Morgan fingerprint density at radius 2 is 2.08 bits per heavy atom. The summed E-state index contributed by atoms with van der Waals surface area (Å²) in [6.07, 6.45) is -2.50. The molecule has 0 aromatic rings. The van der Waals surface area contributed by atoms with Gasteiger partial charge in [0.15, 0.2) is 6.29 Å². The average Bonchev–Trinajstić information content (AvgIpc) is 2.11. The first-order valence-corrected chi connectivity index (χ1v) is 4.43. The van der Waals surface area contributed by atoms with Crippen LogP contribution in [-0.2, 0) is 8.98 Å². The zero-order chi connectivity index (χ0) is 9.56. The van der Waals surface area contributed by atoms with Gasteiger partial charge in [-0.1, -0.05) is 0 Å². The Morgan fingerprint density at radius 3 is 2.50 bits per heavy atom. The van der Waals surface area contributed by atoms with Crippen molar-refractivity contribution in [3.05, 3.63) is 0 Å². The first kappa shape index (κ1) is 11.9. The molecule has 0 aromatic carbocycles. The van der Waals surface area contributed by atoms with Gasteiger partial charge in [-0.15, -0.1) is 0 Å². The molecule has 3 N–H and O–H groups in total. The predicted octanol–water partition coefficient (Wildman–Crippen LogP) is -1.44. The summed E-state index contributed by atoms with van der Waals surface area (Å²) >= 11 is 1.03. The van der Waals surface area contributed by atoms with Crippen molar-refractivity contribution >= 4 is 18.3 Å². The lowest BCUT2D eigenvalue weighted by Crippen LogP contribution is -2.40. The molecule has 0 amide bonds. The van der Waals surface area contributed by atoms with E-state index in [1.807, 2.05) is 0 Å². The van der Waals surface area contributed by atoms with Gasteiger partial charge in [0.25, 0.3) is 0 Å². The van der Waals surface area contributed by atoms with E-state index in [-0.39, 0.29) is 12.9 Å². The summed E-state index contributed by atoms with van der Waals surface area (Å²) in [5, 5.41) is 26.8. The van der Waals surface area contributed by atoms with Gasteiger partial charge in [0.2, 0.25) is 0 Å². The van der Waals surface area contributed by atoms with Gasteiger partial charge in [-0.05, 0) is 12.0 Å². The molecule has 0 spiro atoms. The number of hydrogen-bond acceptors (Lipinski definition) is 6. The summed E-state index contributed by atoms with van der Waals surface area (Å²) in [7, 11) is 0. The maximum absolute atomic E-state index is 9.96. The Morgan fingerprint density at radius 1 is 1.50 bits per heavy atom. The fourth-order valence-corrected chi connectivity index (χ4v) is 0.820. The number of hydrogen-bond donors (Lipinski definition) is 3. The molecule has 12 heavy (non-hydrogen) atoms. The van der Waals surface area contributed by atoms with E-state index in [1.165, 1.54) is 0 Å². The van der Waals surface area contributed by atoms with Crippen LogP contribution in [0.2, 0.25) is 0 Å². The highest BCUT2D eigenvalue weighted by Crippen LogP contribution is 2.03. The monoisotopic (exact) mass is 196 g/mol. The van der Waals surface area contributed by atoms with Crippen LogP contribution in [-0.4, -0.2) is 52.8 Å². The highest BCUT2D eigenvalue weighted by atomic mass is 32.2. The number of rotatable bonds is 6. The van der Waals surface area contributed by atoms with E-state index in [2.05, 4.69) is 0 Å². The highest BCUT2D eigenvalue weighted by Gasteiger charge is 2.24. The van der Waals surface area contributed by atoms with Gasteiger partial charge in [0, 0.05) is 6.26 Å². The van der Waals surface area contributed by atoms with Crippen LogP contribution >= 0.6 is 12.0 Å². The molecule has 0 saturated carbocycles. The topological polar surface area (TPSA) is 87.0 Å². The van der Waals surface area contributed by atoms with Gasteiger partial charge < -0.3 is 24.3 Å². The molecule has 0 radical (unpaired) electrons. The van der Waals surface area contributed by atoms with Crippen LogP contribution in [0.3, 0.4) is 0 Å². The standard InChI is InChI=1S/C6H12O5S/c1-12-11-3-5(9)6(10)4(8)2-7/h2,4-6,8-10H,3H2,1H3/t4-,5+,6-/m0/s1. The summed E-state index contributed by atoms with van der Waals surface area (Å²) in [6, 6.07) is 0. The van der Waals surface area contributed by atoms with Crippen molar-refractivity contribution in [3.8, 4) is 0 Å². The summed E-state index contributed by atoms with van der Waals surface area (Å²) in [6.45, 7) is -0.132. The molecule has 5 nitrogen and oxygen atoms in total. The van der Waals surface area contributed by atoms with Gasteiger partial charge in [-0.25, -0.2) is 0 Å². The Kier molecular flexibility index (Phi) is 6.31. The van der Waals surface area contributed by atoms with E-state index >= 15 is 0 Å². The van der Waals surface area contributed by atoms with Gasteiger partial charge in [-0.3, -0.25) is 0 Å². The van der Waals surface area contributed by atoms with Crippen molar-refractivity contribution in [2.24, 2.45) is 0 Å². The molecule has 0 fully saturated rings. The van der Waals surface area contributed by atoms with Crippen LogP contribution in [0.1, 0.15) is 0 Å². The maximum Gasteiger partial charge on any atom is 0.151 e. The van der Waals surface area contributed by atoms with Crippen LogP contribution in [0.5, 0.6) is 0 Å². The minimum absolute atomic E-state index is 0.132. The highest BCUT2D eigenvalue weighted by molar-refractivity contribution is 7.93. The summed E-state index contributed by atoms with van der Waals surface area (Å²) in [5.41, 5.74) is 0. The van der Waals surface area contributed by atoms with Crippen molar-refractivity contribution in [1.82, 2.24) is 0 Å². The molecule has 0 bridgehead atoms. The summed E-state index contributed by atoms with van der Waals surface area (Å²) in [5.74, 6) is 0. The number of aldehydes is 1. The lowest BCUT2D eigenvalue weighted by atomic mass is 10.1. The van der Waals surface area contributed by atoms with Gasteiger partial charge in [-0.2, -0.15) is 0 Å². The second-order valence-electron chi connectivity index (χ2n) is 2.14. The smallest absolute Gasteiger partial charge is 0.151 e. The number of carbonyl (C=O) groups is 1. The number of aliphatic hydroxyl groups is 3. The van der Waals surface area contributed by atoms with E-state index in [9.17, 15) is 4.79 Å². The number of carbonyl (C=O) groups excluding carboxylic acids is 1. The Hall–Kier alpha value is -0.140. The Bertz CT molecular complexity index is 131. The number of aliphatic hydroxyl groups excluding tert-OH is 3. The van der Waals surface area contributed by atoms with E-state index in [4.69, 9.17) is 19.5 Å². The van der Waals surface area contributed by atoms with Crippen molar-refractivity contribution in [1.29, 1.82) is 0 Å². The zero-order valence-corrected chi connectivity index (χ0v) is 7.40. The fourth-order valence-electron chi connectivity index (χ4n) is 0.544. The molecule has 0 aliphatic rings. The van der Waals surface area contributed by atoms with Crippen LogP contribution in [0.25, 0.3) is 0 Å². The lowest BCUT2D eigenvalue weighted by molar-refractivity contribution is -0.127. The van der Waals surface area contributed by atoms with Gasteiger partial charge >= 0.3 is 0 Å². The first-order valence-electron chi connectivity index (χ1n) is 3.28. The van der Waals surface area contributed by atoms with Crippen LogP contribution < -0.4 is 0 Å². The molecule has 0 rings (SSSR count). The van der Waals surface area contributed by atoms with Gasteiger partial charge in [0.05, 0.1) is 6.61 Å². The molecule has 6 heteroatoms. The van der Waals surface area contributed by atoms with Gasteiger partial charge in [0.1, 0.15) is 18.3 Å². The third kappa shape index (κ3) is 4.03. The summed E-state index contributed by atoms with van der Waals surface area (Å²) < 4.78 is 4.69. The third-order valence-electron chi connectivity index (χ3n) is 1.24. The lowest BCUT2D eigenvalue weighted by Gasteiger charge is -2.18.